The van der Waals surface area contributed by atoms with Crippen molar-refractivity contribution in [3.8, 4) is 11.4 Å². The number of benzene rings is 2. The van der Waals surface area contributed by atoms with E-state index in [0.29, 0.717) is 16.7 Å². The number of hydrogen-bond donors (Lipinski definition) is 1. The number of nitrogens with zero attached hydrogens (tertiary/aromatic N) is 3. The molecule has 2 heterocycles. The van der Waals surface area contributed by atoms with Crippen molar-refractivity contribution in [2.75, 3.05) is 0 Å². The number of hydrogen-bond acceptors (Lipinski definition) is 4. The van der Waals surface area contributed by atoms with E-state index in [-0.39, 0.29) is 5.69 Å². The SMILES string of the molecule is Cn1c(=O)[nH]c2cc(-c3noc(C=Cc4ccccc4Cl)n3)ccc21. The van der Waals surface area contributed by atoms with Gasteiger partial charge in [-0.3, -0.25) is 4.57 Å². The lowest BCUT2D eigenvalue weighted by atomic mass is 10.2. The van der Waals surface area contributed by atoms with Gasteiger partial charge in [-0.05, 0) is 35.9 Å². The van der Waals surface area contributed by atoms with Gasteiger partial charge in [-0.2, -0.15) is 4.98 Å². The van der Waals surface area contributed by atoms with Crippen LogP contribution in [0.25, 0.3) is 34.6 Å². The van der Waals surface area contributed by atoms with Crippen molar-refractivity contribution in [3.05, 3.63) is 69.4 Å². The van der Waals surface area contributed by atoms with Crippen LogP contribution in [0, 0.1) is 0 Å². The molecule has 0 amide bonds. The first-order valence-corrected chi connectivity index (χ1v) is 7.95. The molecule has 0 unspecified atom stereocenters. The maximum absolute atomic E-state index is 11.7. The molecular formula is C18H13ClN4O2. The predicted octanol–water partition coefficient (Wildman–Crippen LogP) is 3.74. The van der Waals surface area contributed by atoms with Crippen molar-refractivity contribution in [3.63, 3.8) is 0 Å². The van der Waals surface area contributed by atoms with E-state index in [2.05, 4.69) is 15.1 Å². The van der Waals surface area contributed by atoms with Gasteiger partial charge in [-0.1, -0.05) is 35.0 Å². The maximum atomic E-state index is 11.7. The zero-order chi connectivity index (χ0) is 17.4. The van der Waals surface area contributed by atoms with Gasteiger partial charge in [0.1, 0.15) is 0 Å². The smallest absolute Gasteiger partial charge is 0.326 e. The lowest BCUT2D eigenvalue weighted by molar-refractivity contribution is 0.411. The lowest BCUT2D eigenvalue weighted by Crippen LogP contribution is -2.11. The zero-order valence-electron chi connectivity index (χ0n) is 13.2. The summed E-state index contributed by atoms with van der Waals surface area (Å²) in [4.78, 5) is 18.8. The van der Waals surface area contributed by atoms with Crippen LogP contribution in [0.15, 0.2) is 51.8 Å². The molecule has 0 atom stereocenters. The minimum absolute atomic E-state index is 0.163. The second-order valence-corrected chi connectivity index (χ2v) is 5.94. The number of halogens is 1. The molecule has 2 aromatic carbocycles. The number of imidazole rings is 1. The summed E-state index contributed by atoms with van der Waals surface area (Å²) < 4.78 is 6.80. The van der Waals surface area contributed by atoms with E-state index in [1.807, 2.05) is 48.5 Å². The normalized spacial score (nSPS) is 11.6. The molecule has 0 radical (unpaired) electrons. The first kappa shape index (κ1) is 15.4. The Kier molecular flexibility index (Phi) is 3.74. The van der Waals surface area contributed by atoms with Crippen LogP contribution in [0.1, 0.15) is 11.5 Å². The Morgan fingerprint density at radius 1 is 1.20 bits per heavy atom. The number of aryl methyl sites for hydroxylation is 1. The van der Waals surface area contributed by atoms with E-state index < -0.39 is 0 Å². The third kappa shape index (κ3) is 2.88. The number of aromatic nitrogens is 4. The van der Waals surface area contributed by atoms with E-state index in [0.717, 1.165) is 22.2 Å². The highest BCUT2D eigenvalue weighted by Crippen LogP contribution is 2.22. The van der Waals surface area contributed by atoms with Crippen LogP contribution in [0.4, 0.5) is 0 Å². The molecule has 2 aromatic heterocycles. The Balaban J connectivity index is 1.65. The highest BCUT2D eigenvalue weighted by Gasteiger charge is 2.10. The minimum Gasteiger partial charge on any atom is -0.334 e. The molecule has 0 aliphatic heterocycles. The monoisotopic (exact) mass is 352 g/mol. The summed E-state index contributed by atoms with van der Waals surface area (Å²) in [5, 5.41) is 4.64. The second kappa shape index (κ2) is 6.07. The fourth-order valence-electron chi connectivity index (χ4n) is 2.57. The summed E-state index contributed by atoms with van der Waals surface area (Å²) in [7, 11) is 1.72. The molecule has 0 fully saturated rings. The van der Waals surface area contributed by atoms with Gasteiger partial charge in [-0.25, -0.2) is 4.79 Å². The van der Waals surface area contributed by atoms with Gasteiger partial charge < -0.3 is 9.51 Å². The second-order valence-electron chi connectivity index (χ2n) is 5.53. The fraction of sp³-hybridized carbons (Fsp3) is 0.0556. The van der Waals surface area contributed by atoms with Crippen molar-refractivity contribution in [2.45, 2.75) is 0 Å². The van der Waals surface area contributed by atoms with Gasteiger partial charge in [0, 0.05) is 23.7 Å². The number of nitrogens with one attached hydrogen (secondary N) is 1. The molecule has 0 saturated heterocycles. The Bertz CT molecular complexity index is 1150. The summed E-state index contributed by atoms with van der Waals surface area (Å²) >= 11 is 6.11. The van der Waals surface area contributed by atoms with Crippen molar-refractivity contribution in [1.29, 1.82) is 0 Å². The highest BCUT2D eigenvalue weighted by molar-refractivity contribution is 6.32. The summed E-state index contributed by atoms with van der Waals surface area (Å²) in [6, 6.07) is 13.0. The number of rotatable bonds is 3. The van der Waals surface area contributed by atoms with Gasteiger partial charge >= 0.3 is 5.69 Å². The quantitative estimate of drug-likeness (QED) is 0.609. The van der Waals surface area contributed by atoms with Crippen molar-refractivity contribution >= 4 is 34.8 Å². The average Bonchev–Trinajstić information content (AvgIpc) is 3.19. The molecule has 0 bridgehead atoms. The van der Waals surface area contributed by atoms with Crippen molar-refractivity contribution < 1.29 is 4.52 Å². The van der Waals surface area contributed by atoms with Crippen molar-refractivity contribution in [1.82, 2.24) is 19.7 Å². The van der Waals surface area contributed by atoms with E-state index >= 15 is 0 Å². The van der Waals surface area contributed by atoms with Crippen LogP contribution in [-0.2, 0) is 7.05 Å². The topological polar surface area (TPSA) is 76.7 Å². The van der Waals surface area contributed by atoms with Gasteiger partial charge in [-0.15, -0.1) is 0 Å². The molecule has 4 rings (SSSR count). The first-order chi connectivity index (χ1) is 12.1. The summed E-state index contributed by atoms with van der Waals surface area (Å²) in [5.74, 6) is 0.821. The largest absolute Gasteiger partial charge is 0.334 e. The van der Waals surface area contributed by atoms with Gasteiger partial charge in [0.15, 0.2) is 0 Å². The molecule has 0 aliphatic rings. The third-order valence-electron chi connectivity index (χ3n) is 3.91. The maximum Gasteiger partial charge on any atom is 0.326 e. The molecule has 6 nitrogen and oxygen atoms in total. The molecule has 0 aliphatic carbocycles. The molecular weight excluding hydrogens is 340 g/mol. The summed E-state index contributed by atoms with van der Waals surface area (Å²) in [6.07, 6.45) is 3.53. The summed E-state index contributed by atoms with van der Waals surface area (Å²) in [5.41, 5.74) is 3.00. The standard InChI is InChI=1S/C18H13ClN4O2/c1-23-15-8-6-12(10-14(15)20-18(23)24)17-21-16(25-22-17)9-7-11-4-2-3-5-13(11)19/h2-10H,1H3,(H,20,24). The van der Waals surface area contributed by atoms with E-state index in [9.17, 15) is 4.79 Å². The average molecular weight is 353 g/mol. The Hall–Kier alpha value is -3.12. The highest BCUT2D eigenvalue weighted by atomic mass is 35.5. The van der Waals surface area contributed by atoms with Crippen molar-refractivity contribution in [2.24, 2.45) is 7.05 Å². The number of fused-ring (bicyclic) bond motifs is 1. The van der Waals surface area contributed by atoms with Crippen LogP contribution in [0.2, 0.25) is 5.02 Å². The zero-order valence-corrected chi connectivity index (χ0v) is 14.0. The van der Waals surface area contributed by atoms with E-state index in [4.69, 9.17) is 16.1 Å². The fourth-order valence-corrected chi connectivity index (χ4v) is 2.77. The minimum atomic E-state index is -0.163. The van der Waals surface area contributed by atoms with Gasteiger partial charge in [0.25, 0.3) is 5.89 Å². The van der Waals surface area contributed by atoms with Crippen LogP contribution >= 0.6 is 11.6 Å². The molecule has 0 spiro atoms. The van der Waals surface area contributed by atoms with E-state index in [1.165, 1.54) is 0 Å². The third-order valence-corrected chi connectivity index (χ3v) is 4.26. The van der Waals surface area contributed by atoms with Crippen LogP contribution in [0.3, 0.4) is 0 Å². The molecule has 7 heteroatoms. The van der Waals surface area contributed by atoms with Gasteiger partial charge in [0.05, 0.1) is 11.0 Å². The van der Waals surface area contributed by atoms with Crippen LogP contribution in [0.5, 0.6) is 0 Å². The number of aromatic amines is 1. The summed E-state index contributed by atoms with van der Waals surface area (Å²) in [6.45, 7) is 0. The first-order valence-electron chi connectivity index (χ1n) is 7.57. The molecule has 1 N–H and O–H groups in total. The molecule has 25 heavy (non-hydrogen) atoms. The Morgan fingerprint density at radius 3 is 2.88 bits per heavy atom. The van der Waals surface area contributed by atoms with Crippen LogP contribution in [-0.4, -0.2) is 19.7 Å². The molecule has 0 saturated carbocycles. The Labute approximate surface area is 147 Å². The lowest BCUT2D eigenvalue weighted by Gasteiger charge is -1.96. The Morgan fingerprint density at radius 2 is 2.04 bits per heavy atom. The van der Waals surface area contributed by atoms with E-state index in [1.54, 1.807) is 17.7 Å². The molecule has 124 valence electrons. The molecule has 4 aromatic rings. The number of H-pyrrole nitrogens is 1. The van der Waals surface area contributed by atoms with Gasteiger partial charge in [0.2, 0.25) is 5.82 Å². The predicted molar refractivity (Wildman–Crippen MR) is 97.2 cm³/mol. The van der Waals surface area contributed by atoms with Crippen LogP contribution < -0.4 is 5.69 Å².